The quantitative estimate of drug-likeness (QED) is 0.863. The molecule has 2 bridgehead atoms. The van der Waals surface area contributed by atoms with Crippen LogP contribution >= 0.6 is 0 Å². The van der Waals surface area contributed by atoms with Crippen LogP contribution in [0.2, 0.25) is 0 Å². The minimum absolute atomic E-state index is 0.00722. The van der Waals surface area contributed by atoms with Gasteiger partial charge in [0.15, 0.2) is 6.61 Å². The zero-order chi connectivity index (χ0) is 16.7. The maximum absolute atomic E-state index is 12.1. The van der Waals surface area contributed by atoms with E-state index in [9.17, 15) is 8.78 Å². The summed E-state index contributed by atoms with van der Waals surface area (Å²) in [6, 6.07) is 0.0564. The third-order valence-corrected chi connectivity index (χ3v) is 4.37. The van der Waals surface area contributed by atoms with E-state index < -0.39 is 18.6 Å². The second-order valence-corrected chi connectivity index (χ2v) is 6.00. The molecule has 24 heavy (non-hydrogen) atoms. The Hall–Kier alpha value is -2.20. The van der Waals surface area contributed by atoms with E-state index >= 15 is 0 Å². The first-order valence-electron chi connectivity index (χ1n) is 7.53. The molecule has 1 aliphatic carbocycles. The molecule has 5 rings (SSSR count). The Morgan fingerprint density at radius 2 is 2.17 bits per heavy atom. The molecule has 0 radical (unpaired) electrons. The second kappa shape index (κ2) is 5.71. The van der Waals surface area contributed by atoms with E-state index in [2.05, 4.69) is 20.1 Å². The maximum Gasteiger partial charge on any atom is 0.272 e. The lowest BCUT2D eigenvalue weighted by Gasteiger charge is -2.52. The van der Waals surface area contributed by atoms with Gasteiger partial charge in [0.25, 0.3) is 12.3 Å². The smallest absolute Gasteiger partial charge is 0.272 e. The highest BCUT2D eigenvalue weighted by molar-refractivity contribution is 5.46. The van der Waals surface area contributed by atoms with E-state index in [-0.39, 0.29) is 17.7 Å². The standard InChI is InChI=1S/C14H15F2N5O3/c15-10(16)6-22-11-4-18-9(3-19-11)12-20-13(24-21-12)14-1-7(2-14)8(17)5-23-14/h3-4,7-8,10H,1-2,5-6,17H2. The van der Waals surface area contributed by atoms with E-state index in [0.717, 1.165) is 12.8 Å². The number of hydrogen-bond acceptors (Lipinski definition) is 8. The van der Waals surface area contributed by atoms with Crippen LogP contribution in [0.15, 0.2) is 16.9 Å². The minimum Gasteiger partial charge on any atom is -0.470 e. The Labute approximate surface area is 135 Å². The summed E-state index contributed by atoms with van der Waals surface area (Å²) in [7, 11) is 0. The summed E-state index contributed by atoms with van der Waals surface area (Å²) in [6.45, 7) is -0.262. The van der Waals surface area contributed by atoms with Gasteiger partial charge in [-0.3, -0.25) is 0 Å². The average Bonchev–Trinajstić information content (AvgIpc) is 3.03. The molecule has 10 heteroatoms. The van der Waals surface area contributed by atoms with E-state index in [4.69, 9.17) is 19.7 Å². The number of rotatable bonds is 5. The van der Waals surface area contributed by atoms with Gasteiger partial charge >= 0.3 is 0 Å². The highest BCUT2D eigenvalue weighted by Gasteiger charge is 2.56. The molecule has 0 aromatic carbocycles. The summed E-state index contributed by atoms with van der Waals surface area (Å²) in [5.74, 6) is 1.09. The number of nitrogens with zero attached hydrogens (tertiary/aromatic N) is 4. The summed E-state index contributed by atoms with van der Waals surface area (Å²) in [4.78, 5) is 12.3. The zero-order valence-corrected chi connectivity index (χ0v) is 12.6. The number of aromatic nitrogens is 4. The fourth-order valence-corrected chi connectivity index (χ4v) is 3.00. The van der Waals surface area contributed by atoms with Crippen molar-refractivity contribution in [1.82, 2.24) is 20.1 Å². The number of halogens is 2. The zero-order valence-electron chi connectivity index (χ0n) is 12.6. The van der Waals surface area contributed by atoms with E-state index in [0.29, 0.717) is 24.1 Å². The number of alkyl halides is 2. The number of fused-ring (bicyclic) bond motifs is 2. The van der Waals surface area contributed by atoms with Gasteiger partial charge in [-0.05, 0) is 18.8 Å². The van der Waals surface area contributed by atoms with Crippen LogP contribution in [0.3, 0.4) is 0 Å². The molecule has 0 amide bonds. The van der Waals surface area contributed by atoms with Crippen molar-refractivity contribution in [2.75, 3.05) is 13.2 Å². The lowest BCUT2D eigenvalue weighted by atomic mass is 9.65. The summed E-state index contributed by atoms with van der Waals surface area (Å²) in [5.41, 5.74) is 5.75. The second-order valence-electron chi connectivity index (χ2n) is 6.00. The van der Waals surface area contributed by atoms with Gasteiger partial charge in [0, 0.05) is 6.04 Å². The van der Waals surface area contributed by atoms with Gasteiger partial charge in [0.05, 0.1) is 19.0 Å². The molecule has 8 nitrogen and oxygen atoms in total. The third kappa shape index (κ3) is 2.61. The van der Waals surface area contributed by atoms with Crippen molar-refractivity contribution in [3.8, 4) is 17.4 Å². The molecule has 4 heterocycles. The minimum atomic E-state index is -2.57. The molecule has 1 atom stereocenters. The summed E-state index contributed by atoms with van der Waals surface area (Å²) in [5, 5.41) is 3.89. The van der Waals surface area contributed by atoms with Crippen molar-refractivity contribution in [3.63, 3.8) is 0 Å². The molecule has 3 fully saturated rings. The average molecular weight is 339 g/mol. The van der Waals surface area contributed by atoms with E-state index in [1.54, 1.807) is 0 Å². The normalized spacial score (nSPS) is 28.7. The van der Waals surface area contributed by atoms with Gasteiger partial charge < -0.3 is 19.7 Å². The van der Waals surface area contributed by atoms with Crippen molar-refractivity contribution < 1.29 is 22.8 Å². The first-order chi connectivity index (χ1) is 11.6. The highest BCUT2D eigenvalue weighted by atomic mass is 19.3. The van der Waals surface area contributed by atoms with Crippen molar-refractivity contribution in [2.24, 2.45) is 11.7 Å². The van der Waals surface area contributed by atoms with Crippen LogP contribution in [0.5, 0.6) is 5.88 Å². The summed E-state index contributed by atoms with van der Waals surface area (Å²) in [6.07, 6.45) is 1.54. The fourth-order valence-electron chi connectivity index (χ4n) is 3.00. The van der Waals surface area contributed by atoms with Gasteiger partial charge in [-0.2, -0.15) is 4.98 Å². The lowest BCUT2D eigenvalue weighted by molar-refractivity contribution is -0.207. The molecular weight excluding hydrogens is 324 g/mol. The predicted molar refractivity (Wildman–Crippen MR) is 75.2 cm³/mol. The van der Waals surface area contributed by atoms with Crippen LogP contribution in [0.1, 0.15) is 18.7 Å². The van der Waals surface area contributed by atoms with Crippen LogP contribution < -0.4 is 10.5 Å². The molecular formula is C14H15F2N5O3. The van der Waals surface area contributed by atoms with Crippen molar-refractivity contribution >= 4 is 0 Å². The fraction of sp³-hybridized carbons (Fsp3) is 0.571. The Morgan fingerprint density at radius 3 is 2.79 bits per heavy atom. The first kappa shape index (κ1) is 15.3. The number of hydrogen-bond donors (Lipinski definition) is 1. The van der Waals surface area contributed by atoms with Gasteiger partial charge in [-0.1, -0.05) is 5.16 Å². The Morgan fingerprint density at radius 1 is 1.33 bits per heavy atom. The first-order valence-corrected chi connectivity index (χ1v) is 7.53. The van der Waals surface area contributed by atoms with Crippen LogP contribution in [0.25, 0.3) is 11.5 Å². The number of nitrogens with two attached hydrogens (primary N) is 1. The molecule has 1 unspecified atom stereocenters. The lowest BCUT2D eigenvalue weighted by Crippen LogP contribution is -2.58. The predicted octanol–water partition coefficient (Wildman–Crippen LogP) is 1.13. The van der Waals surface area contributed by atoms with Crippen molar-refractivity contribution in [2.45, 2.75) is 30.9 Å². The molecule has 2 aromatic heterocycles. The Kier molecular flexibility index (Phi) is 3.65. The van der Waals surface area contributed by atoms with E-state index in [1.807, 2.05) is 0 Å². The molecule has 2 N–H and O–H groups in total. The Balaban J connectivity index is 1.47. The van der Waals surface area contributed by atoms with Gasteiger partial charge in [0.2, 0.25) is 11.7 Å². The molecule has 1 saturated carbocycles. The van der Waals surface area contributed by atoms with Gasteiger partial charge in [-0.15, -0.1) is 0 Å². The van der Waals surface area contributed by atoms with Crippen LogP contribution in [-0.4, -0.2) is 45.8 Å². The largest absolute Gasteiger partial charge is 0.470 e. The van der Waals surface area contributed by atoms with Crippen LogP contribution in [-0.2, 0) is 10.3 Å². The molecule has 2 saturated heterocycles. The van der Waals surface area contributed by atoms with Gasteiger partial charge in [-0.25, -0.2) is 18.7 Å². The third-order valence-electron chi connectivity index (χ3n) is 4.37. The van der Waals surface area contributed by atoms with Crippen molar-refractivity contribution in [3.05, 3.63) is 18.3 Å². The Bertz CT molecular complexity index is 712. The van der Waals surface area contributed by atoms with Crippen LogP contribution in [0.4, 0.5) is 8.78 Å². The van der Waals surface area contributed by atoms with Gasteiger partial charge in [0.1, 0.15) is 11.3 Å². The molecule has 2 aromatic rings. The molecule has 128 valence electrons. The molecule has 3 aliphatic rings. The van der Waals surface area contributed by atoms with E-state index in [1.165, 1.54) is 12.4 Å². The summed E-state index contributed by atoms with van der Waals surface area (Å²) < 4.78 is 40.1. The summed E-state index contributed by atoms with van der Waals surface area (Å²) >= 11 is 0. The highest BCUT2D eigenvalue weighted by Crippen LogP contribution is 2.52. The topological polar surface area (TPSA) is 109 Å². The molecule has 0 spiro atoms. The number of ether oxygens (including phenoxy) is 2. The van der Waals surface area contributed by atoms with Crippen molar-refractivity contribution in [1.29, 1.82) is 0 Å². The van der Waals surface area contributed by atoms with Crippen LogP contribution in [0, 0.1) is 5.92 Å². The SMILES string of the molecule is NC1COC2(c3nc(-c4cnc(OCC(F)F)cn4)no3)CC1C2. The monoisotopic (exact) mass is 339 g/mol. The maximum atomic E-state index is 12.1. The molecule has 2 aliphatic heterocycles.